The highest BCUT2D eigenvalue weighted by atomic mass is 35.5. The molecule has 2 heterocycles. The number of hydrogen-bond donors (Lipinski definition) is 1. The number of carbonyl (C=O) groups is 2. The Labute approximate surface area is 172 Å². The van der Waals surface area contributed by atoms with Gasteiger partial charge in [-0.05, 0) is 48.4 Å². The van der Waals surface area contributed by atoms with Gasteiger partial charge in [0, 0.05) is 23.6 Å². The van der Waals surface area contributed by atoms with Gasteiger partial charge in [0.05, 0.1) is 18.1 Å². The van der Waals surface area contributed by atoms with Gasteiger partial charge in [-0.25, -0.2) is 9.18 Å². The highest BCUT2D eigenvalue weighted by Crippen LogP contribution is 2.40. The molecule has 0 radical (unpaired) electrons. The Balaban J connectivity index is 1.52. The Morgan fingerprint density at radius 2 is 1.93 bits per heavy atom. The Hall–Kier alpha value is -2.86. The first-order chi connectivity index (χ1) is 13.7. The third-order valence-corrected chi connectivity index (χ3v) is 5.34. The number of nitrogens with zero attached hydrogens (tertiary/aromatic N) is 1. The zero-order valence-corrected chi connectivity index (χ0v) is 16.4. The highest BCUT2D eigenvalue weighted by Gasteiger charge is 2.41. The van der Waals surface area contributed by atoms with E-state index in [4.69, 9.17) is 21.4 Å². The van der Waals surface area contributed by atoms with Gasteiger partial charge in [0.15, 0.2) is 0 Å². The number of likely N-dealkylation sites (tertiary alicyclic amines) is 1. The van der Waals surface area contributed by atoms with Crippen molar-refractivity contribution >= 4 is 23.5 Å². The van der Waals surface area contributed by atoms with Crippen molar-refractivity contribution < 1.29 is 23.8 Å². The van der Waals surface area contributed by atoms with Crippen LogP contribution < -0.4 is 4.74 Å². The number of rotatable bonds is 4. The van der Waals surface area contributed by atoms with Crippen LogP contribution >= 0.6 is 11.6 Å². The molecule has 1 saturated heterocycles. The van der Waals surface area contributed by atoms with E-state index in [1.54, 1.807) is 18.2 Å². The van der Waals surface area contributed by atoms with Crippen LogP contribution in [0.3, 0.4) is 0 Å². The van der Waals surface area contributed by atoms with E-state index < -0.39 is 11.6 Å². The average molecular weight is 416 g/mol. The molecular formula is C22H19ClFNO4. The molecular weight excluding hydrogens is 397 g/mol. The van der Waals surface area contributed by atoms with Crippen LogP contribution in [-0.4, -0.2) is 46.7 Å². The van der Waals surface area contributed by atoms with Gasteiger partial charge in [0.25, 0.3) is 5.91 Å². The van der Waals surface area contributed by atoms with Crippen molar-refractivity contribution in [3.05, 3.63) is 64.7 Å². The predicted molar refractivity (Wildman–Crippen MR) is 107 cm³/mol. The van der Waals surface area contributed by atoms with Gasteiger partial charge in [-0.15, -0.1) is 0 Å². The minimum atomic E-state index is -1.30. The summed E-state index contributed by atoms with van der Waals surface area (Å²) in [7, 11) is 0. The van der Waals surface area contributed by atoms with E-state index in [1.165, 1.54) is 17.9 Å². The largest absolute Gasteiger partial charge is 0.484 e. The van der Waals surface area contributed by atoms with Crippen molar-refractivity contribution in [1.82, 2.24) is 4.90 Å². The summed E-state index contributed by atoms with van der Waals surface area (Å²) in [4.78, 5) is 24.6. The second kappa shape index (κ2) is 7.19. The summed E-state index contributed by atoms with van der Waals surface area (Å²) in [5.74, 6) is -0.644. The first kappa shape index (κ1) is 19.5. The number of benzene rings is 2. The second-order valence-electron chi connectivity index (χ2n) is 7.66. The van der Waals surface area contributed by atoms with Gasteiger partial charge in [0.1, 0.15) is 17.5 Å². The molecule has 1 N–H and O–H groups in total. The first-order valence-electron chi connectivity index (χ1n) is 9.21. The Bertz CT molecular complexity index is 1010. The predicted octanol–water partition coefficient (Wildman–Crippen LogP) is 4.14. The van der Waals surface area contributed by atoms with Gasteiger partial charge >= 0.3 is 5.97 Å². The molecule has 5 nitrogen and oxygen atoms in total. The summed E-state index contributed by atoms with van der Waals surface area (Å²) >= 11 is 6.37. The maximum Gasteiger partial charge on any atom is 0.328 e. The first-order valence-corrected chi connectivity index (χ1v) is 9.58. The van der Waals surface area contributed by atoms with Crippen molar-refractivity contribution in [3.63, 3.8) is 0 Å². The van der Waals surface area contributed by atoms with Gasteiger partial charge in [-0.2, -0.15) is 0 Å². The minimum absolute atomic E-state index is 0.117. The SMILES string of the molecule is CC1(F)CN(C(=O)c2ccc(-c3cc(Cl)c4c(c3)CC(C=CC(=O)O)O4)cc2)C1. The number of alkyl halides is 1. The standard InChI is InChI=1S/C22H19ClFNO4/c1-22(24)11-25(12-22)21(28)14-4-2-13(3-5-14)15-8-16-9-17(6-7-19(26)27)29-20(16)18(23)10-15/h2-8,10,17H,9,11-12H2,1H3,(H,26,27). The number of amides is 1. The monoisotopic (exact) mass is 415 g/mol. The molecule has 0 bridgehead atoms. The molecule has 2 aliphatic heterocycles. The number of carbonyl (C=O) groups excluding carboxylic acids is 1. The van der Waals surface area contributed by atoms with E-state index in [0.717, 1.165) is 22.8 Å². The molecule has 7 heteroatoms. The van der Waals surface area contributed by atoms with E-state index in [-0.39, 0.29) is 25.1 Å². The maximum atomic E-state index is 13.6. The summed E-state index contributed by atoms with van der Waals surface area (Å²) < 4.78 is 19.4. The number of aliphatic carboxylic acids is 1. The lowest BCUT2D eigenvalue weighted by Crippen LogP contribution is -2.59. The molecule has 0 spiro atoms. The smallest absolute Gasteiger partial charge is 0.328 e. The summed E-state index contributed by atoms with van der Waals surface area (Å²) in [6, 6.07) is 10.8. The topological polar surface area (TPSA) is 66.8 Å². The van der Waals surface area contributed by atoms with Crippen LogP contribution in [0.5, 0.6) is 5.75 Å². The van der Waals surface area contributed by atoms with Crippen molar-refractivity contribution in [3.8, 4) is 16.9 Å². The number of hydrogen-bond acceptors (Lipinski definition) is 3. The van der Waals surface area contributed by atoms with Crippen LogP contribution in [0.4, 0.5) is 4.39 Å². The summed E-state index contributed by atoms with van der Waals surface area (Å²) in [6.07, 6.45) is 2.72. The van der Waals surface area contributed by atoms with Crippen molar-refractivity contribution in [2.45, 2.75) is 25.1 Å². The summed E-state index contributed by atoms with van der Waals surface area (Å²) in [5.41, 5.74) is 1.87. The van der Waals surface area contributed by atoms with Gasteiger partial charge < -0.3 is 14.7 Å². The molecule has 2 aromatic carbocycles. The third kappa shape index (κ3) is 3.98. The minimum Gasteiger partial charge on any atom is -0.484 e. The van der Waals surface area contributed by atoms with E-state index in [9.17, 15) is 14.0 Å². The third-order valence-electron chi connectivity index (χ3n) is 5.06. The van der Waals surface area contributed by atoms with E-state index >= 15 is 0 Å². The number of carboxylic acid groups (broad SMARTS) is 1. The van der Waals surface area contributed by atoms with Gasteiger partial charge in [0.2, 0.25) is 0 Å². The van der Waals surface area contributed by atoms with Crippen molar-refractivity contribution in [1.29, 1.82) is 0 Å². The molecule has 2 aromatic rings. The van der Waals surface area contributed by atoms with Crippen LogP contribution in [0.25, 0.3) is 11.1 Å². The molecule has 1 atom stereocenters. The number of carboxylic acids is 1. The van der Waals surface area contributed by atoms with Crippen LogP contribution in [0.1, 0.15) is 22.8 Å². The molecule has 150 valence electrons. The maximum absolute atomic E-state index is 13.6. The van der Waals surface area contributed by atoms with Crippen LogP contribution in [0.2, 0.25) is 5.02 Å². The molecule has 0 saturated carbocycles. The summed E-state index contributed by atoms with van der Waals surface area (Å²) in [6.45, 7) is 1.72. The zero-order valence-electron chi connectivity index (χ0n) is 15.7. The van der Waals surface area contributed by atoms with Crippen LogP contribution in [0.15, 0.2) is 48.6 Å². The quantitative estimate of drug-likeness (QED) is 0.762. The molecule has 0 aromatic heterocycles. The fourth-order valence-corrected chi connectivity index (χ4v) is 3.97. The lowest BCUT2D eigenvalue weighted by molar-refractivity contribution is -0.131. The molecule has 1 fully saturated rings. The van der Waals surface area contributed by atoms with Crippen molar-refractivity contribution in [2.75, 3.05) is 13.1 Å². The van der Waals surface area contributed by atoms with Crippen LogP contribution in [0, 0.1) is 0 Å². The molecule has 1 unspecified atom stereocenters. The van der Waals surface area contributed by atoms with Crippen molar-refractivity contribution in [2.24, 2.45) is 0 Å². The summed E-state index contributed by atoms with van der Waals surface area (Å²) in [5, 5.41) is 9.22. The Kier molecular flexibility index (Phi) is 4.82. The Morgan fingerprint density at radius 3 is 2.55 bits per heavy atom. The van der Waals surface area contributed by atoms with Gasteiger partial charge in [-0.1, -0.05) is 23.7 Å². The fraction of sp³-hybridized carbons (Fsp3) is 0.273. The van der Waals surface area contributed by atoms with E-state index in [0.29, 0.717) is 22.8 Å². The van der Waals surface area contributed by atoms with Crippen LogP contribution in [-0.2, 0) is 11.2 Å². The molecule has 2 aliphatic rings. The lowest BCUT2D eigenvalue weighted by Gasteiger charge is -2.42. The Morgan fingerprint density at radius 1 is 1.24 bits per heavy atom. The average Bonchev–Trinajstić information content (AvgIpc) is 3.07. The lowest BCUT2D eigenvalue weighted by atomic mass is 9.96. The zero-order chi connectivity index (χ0) is 20.8. The van der Waals surface area contributed by atoms with Gasteiger partial charge in [-0.3, -0.25) is 4.79 Å². The molecule has 0 aliphatic carbocycles. The molecule has 1 amide bonds. The molecule has 4 rings (SSSR count). The highest BCUT2D eigenvalue weighted by molar-refractivity contribution is 6.32. The number of fused-ring (bicyclic) bond motifs is 1. The molecule has 29 heavy (non-hydrogen) atoms. The second-order valence-corrected chi connectivity index (χ2v) is 8.06. The normalized spacial score (nSPS) is 19.6. The number of ether oxygens (including phenoxy) is 1. The fourth-order valence-electron chi connectivity index (χ4n) is 3.69. The number of halogens is 2. The van der Waals surface area contributed by atoms with E-state index in [1.807, 2.05) is 18.2 Å². The van der Waals surface area contributed by atoms with E-state index in [2.05, 4.69) is 0 Å².